The summed E-state index contributed by atoms with van der Waals surface area (Å²) < 4.78 is 20.0. The van der Waals surface area contributed by atoms with Crippen LogP contribution in [-0.4, -0.2) is 43.9 Å². The quantitative estimate of drug-likeness (QED) is 0.418. The number of carbonyl (C=O) groups is 2. The van der Waals surface area contributed by atoms with E-state index in [1.165, 1.54) is 6.07 Å². The Kier molecular flexibility index (Phi) is 10.5. The van der Waals surface area contributed by atoms with Crippen LogP contribution in [0.25, 0.3) is 0 Å². The Labute approximate surface area is 185 Å². The van der Waals surface area contributed by atoms with E-state index in [-0.39, 0.29) is 5.82 Å². The van der Waals surface area contributed by atoms with Crippen LogP contribution in [-0.2, 0) is 15.0 Å². The summed E-state index contributed by atoms with van der Waals surface area (Å²) in [6, 6.07) is 16.4. The first-order valence-corrected chi connectivity index (χ1v) is 14.3. The van der Waals surface area contributed by atoms with Gasteiger partial charge in [-0.05, 0) is 0 Å². The molecule has 0 spiro atoms. The van der Waals surface area contributed by atoms with Crippen molar-refractivity contribution in [3.05, 3.63) is 77.6 Å². The van der Waals surface area contributed by atoms with E-state index < -0.39 is 32.0 Å². The number of rotatable bonds is 8. The molecule has 2 aromatic carbocycles. The topological polar surface area (TPSA) is 108 Å². The van der Waals surface area contributed by atoms with Gasteiger partial charge >= 0.3 is 154 Å². The SMILES string of the molecule is COc1ccccc1C(C#N)(CC[As](C)C)c1ccccc1F.O=C(O)C=CC(=O)O. The molecular weight excluding hydrogens is 464 g/mol. The normalized spacial score (nSPS) is 12.4. The third-order valence-corrected chi connectivity index (χ3v) is 6.74. The Bertz CT molecular complexity index is 954. The van der Waals surface area contributed by atoms with E-state index >= 15 is 0 Å². The van der Waals surface area contributed by atoms with Crippen molar-refractivity contribution in [2.45, 2.75) is 28.5 Å². The summed E-state index contributed by atoms with van der Waals surface area (Å²) in [7, 11) is 1.58. The van der Waals surface area contributed by atoms with Crippen LogP contribution in [0.15, 0.2) is 60.7 Å². The Morgan fingerprint density at radius 3 is 2.03 bits per heavy atom. The zero-order valence-electron chi connectivity index (χ0n) is 17.6. The van der Waals surface area contributed by atoms with Gasteiger partial charge in [-0.3, -0.25) is 0 Å². The van der Waals surface area contributed by atoms with E-state index in [1.54, 1.807) is 25.3 Å². The van der Waals surface area contributed by atoms with Crippen LogP contribution in [0.3, 0.4) is 0 Å². The largest absolute Gasteiger partial charge is 0.478 e. The van der Waals surface area contributed by atoms with E-state index in [2.05, 4.69) is 17.5 Å². The molecule has 0 heterocycles. The Hall–Kier alpha value is -3.10. The number of carboxylic acids is 2. The second kappa shape index (κ2) is 12.6. The van der Waals surface area contributed by atoms with Gasteiger partial charge in [-0.25, -0.2) is 9.59 Å². The minimum absolute atomic E-state index is 0.341. The average molecular weight is 489 g/mol. The molecule has 164 valence electrons. The number of hydrogen-bond acceptors (Lipinski definition) is 4. The molecule has 0 aromatic heterocycles. The number of methoxy groups -OCH3 is 1. The summed E-state index contributed by atoms with van der Waals surface area (Å²) >= 11 is -0.951. The number of carboxylic acid groups (broad SMARTS) is 2. The maximum atomic E-state index is 14.5. The molecule has 0 fully saturated rings. The first-order chi connectivity index (χ1) is 14.7. The van der Waals surface area contributed by atoms with Crippen LogP contribution in [0.2, 0.25) is 16.6 Å². The van der Waals surface area contributed by atoms with Crippen LogP contribution in [0.5, 0.6) is 5.75 Å². The van der Waals surface area contributed by atoms with Crippen molar-refractivity contribution in [3.63, 3.8) is 0 Å². The van der Waals surface area contributed by atoms with E-state index in [0.717, 1.165) is 10.8 Å². The number of ether oxygens (including phenoxy) is 1. The first kappa shape index (κ1) is 25.9. The van der Waals surface area contributed by atoms with Gasteiger partial charge in [0.15, 0.2) is 0 Å². The minimum Gasteiger partial charge on any atom is -0.478 e. The molecule has 6 nitrogen and oxygen atoms in total. The van der Waals surface area contributed by atoms with Gasteiger partial charge in [0.1, 0.15) is 0 Å². The second-order valence-corrected chi connectivity index (χ2v) is 12.2. The van der Waals surface area contributed by atoms with Crippen LogP contribution in [0.1, 0.15) is 17.5 Å². The summed E-state index contributed by atoms with van der Waals surface area (Å²) in [5.41, 5.74) is 4.66. The fourth-order valence-electron chi connectivity index (χ4n) is 2.93. The molecule has 1 atom stereocenters. The summed E-state index contributed by atoms with van der Waals surface area (Å²) in [5.74, 6) is -2.23. The van der Waals surface area contributed by atoms with Crippen LogP contribution in [0.4, 0.5) is 4.39 Å². The molecule has 0 saturated carbocycles. The number of para-hydroxylation sites is 1. The number of aliphatic carboxylic acids is 2. The van der Waals surface area contributed by atoms with Gasteiger partial charge in [0.05, 0.1) is 0 Å². The van der Waals surface area contributed by atoms with Crippen molar-refractivity contribution in [1.29, 1.82) is 5.26 Å². The second-order valence-electron chi connectivity index (χ2n) is 6.76. The zero-order chi connectivity index (χ0) is 23.4. The molecule has 8 heteroatoms. The number of nitriles is 1. The third kappa shape index (κ3) is 7.58. The number of hydrogen-bond donors (Lipinski definition) is 2. The molecule has 0 radical (unpaired) electrons. The van der Waals surface area contributed by atoms with Crippen molar-refractivity contribution in [3.8, 4) is 11.8 Å². The molecule has 2 aromatic rings. The molecule has 0 amide bonds. The number of benzene rings is 2. The van der Waals surface area contributed by atoms with Gasteiger partial charge in [0.2, 0.25) is 0 Å². The standard InChI is InChI=1S/C19H21AsFNO.C4H4O4/c1-20(2)13-12-19(14-22,15-8-4-6-10-17(15)21)16-9-5-7-11-18(16)23-3;5-3(6)1-2-4(7)8/h4-11H,12-13H2,1-3H3;1-2H,(H,5,6)(H,7,8). The van der Waals surface area contributed by atoms with Gasteiger partial charge in [0, 0.05) is 12.2 Å². The number of halogens is 1. The number of nitrogens with zero attached hydrogens (tertiary/aromatic N) is 1. The summed E-state index contributed by atoms with van der Waals surface area (Å²) in [5, 5.41) is 26.7. The third-order valence-electron chi connectivity index (χ3n) is 4.39. The monoisotopic (exact) mass is 489 g/mol. The fourth-order valence-corrected chi connectivity index (χ4v) is 4.57. The molecule has 1 unspecified atom stereocenters. The average Bonchev–Trinajstić information content (AvgIpc) is 2.74. The molecule has 31 heavy (non-hydrogen) atoms. The molecular formula is C23H25AsFNO5. The maximum absolute atomic E-state index is 14.5. The zero-order valence-corrected chi connectivity index (χ0v) is 19.5. The van der Waals surface area contributed by atoms with Crippen molar-refractivity contribution >= 4 is 26.6 Å². The van der Waals surface area contributed by atoms with Gasteiger partial charge < -0.3 is 10.2 Å². The van der Waals surface area contributed by atoms with E-state index in [1.807, 2.05) is 24.3 Å². The Balaban J connectivity index is 0.000000512. The van der Waals surface area contributed by atoms with Crippen molar-refractivity contribution in [2.75, 3.05) is 7.11 Å². The van der Waals surface area contributed by atoms with Gasteiger partial charge in [-0.1, -0.05) is 0 Å². The Morgan fingerprint density at radius 2 is 1.58 bits per heavy atom. The van der Waals surface area contributed by atoms with Crippen LogP contribution >= 0.6 is 0 Å². The van der Waals surface area contributed by atoms with Gasteiger partial charge in [-0.15, -0.1) is 0 Å². The molecule has 2 rings (SSSR count). The summed E-state index contributed by atoms with van der Waals surface area (Å²) in [6.07, 6.45) is 1.72. The van der Waals surface area contributed by atoms with Crippen molar-refractivity contribution in [2.24, 2.45) is 0 Å². The first-order valence-electron chi connectivity index (χ1n) is 9.26. The smallest absolute Gasteiger partial charge is 0.328 e. The van der Waals surface area contributed by atoms with Gasteiger partial charge in [0.25, 0.3) is 0 Å². The Morgan fingerprint density at radius 1 is 1.06 bits per heavy atom. The maximum Gasteiger partial charge on any atom is 0.328 e. The molecule has 0 aliphatic rings. The van der Waals surface area contributed by atoms with Crippen molar-refractivity contribution in [1.82, 2.24) is 0 Å². The van der Waals surface area contributed by atoms with Crippen molar-refractivity contribution < 1.29 is 28.9 Å². The predicted molar refractivity (Wildman–Crippen MR) is 117 cm³/mol. The van der Waals surface area contributed by atoms with Gasteiger partial charge in [-0.2, -0.15) is 0 Å². The van der Waals surface area contributed by atoms with E-state index in [4.69, 9.17) is 14.9 Å². The summed E-state index contributed by atoms with van der Waals surface area (Å²) in [6.45, 7) is 0. The van der Waals surface area contributed by atoms with Crippen LogP contribution < -0.4 is 4.74 Å². The molecule has 2 N–H and O–H groups in total. The summed E-state index contributed by atoms with van der Waals surface area (Å²) in [4.78, 5) is 19.1. The molecule has 0 saturated heterocycles. The molecule has 0 aliphatic heterocycles. The minimum atomic E-state index is -1.26. The molecule has 0 aliphatic carbocycles. The molecule has 0 bridgehead atoms. The van der Waals surface area contributed by atoms with E-state index in [9.17, 15) is 19.2 Å². The van der Waals surface area contributed by atoms with Crippen LogP contribution in [0, 0.1) is 17.1 Å². The fraction of sp³-hybridized carbons (Fsp3) is 0.261. The predicted octanol–water partition coefficient (Wildman–Crippen LogP) is 4.50. The van der Waals surface area contributed by atoms with E-state index in [0.29, 0.717) is 29.9 Å².